The third kappa shape index (κ3) is 1.65. The quantitative estimate of drug-likeness (QED) is 0.534. The van der Waals surface area contributed by atoms with E-state index >= 15 is 0 Å². The van der Waals surface area contributed by atoms with Crippen molar-refractivity contribution in [2.24, 2.45) is 5.84 Å². The van der Waals surface area contributed by atoms with Gasteiger partial charge in [0.05, 0.1) is 5.52 Å². The smallest absolute Gasteiger partial charge is 0.239 e. The molecule has 0 amide bonds. The van der Waals surface area contributed by atoms with Gasteiger partial charge in [0, 0.05) is 11.4 Å². The number of aromatic nitrogens is 2. The highest BCUT2D eigenvalue weighted by Gasteiger charge is 2.22. The maximum atomic E-state index is 5.35. The Balaban J connectivity index is 2.13. The van der Waals surface area contributed by atoms with Crippen LogP contribution in [0.5, 0.6) is 0 Å². The van der Waals surface area contributed by atoms with Crippen LogP contribution >= 0.6 is 0 Å². The van der Waals surface area contributed by atoms with Gasteiger partial charge in [0.15, 0.2) is 0 Å². The summed E-state index contributed by atoms with van der Waals surface area (Å²) < 4.78 is 0. The van der Waals surface area contributed by atoms with Crippen molar-refractivity contribution in [1.82, 2.24) is 9.97 Å². The topological polar surface area (TPSA) is 75.9 Å². The molecule has 0 bridgehead atoms. The molecule has 0 radical (unpaired) electrons. The lowest BCUT2D eigenvalue weighted by Gasteiger charge is -2.09. The Bertz CT molecular complexity index is 521. The van der Waals surface area contributed by atoms with Crippen LogP contribution in [0.2, 0.25) is 0 Å². The van der Waals surface area contributed by atoms with Gasteiger partial charge in [-0.1, -0.05) is 12.1 Å². The summed E-state index contributed by atoms with van der Waals surface area (Å²) in [6, 6.07) is 8.47. The summed E-state index contributed by atoms with van der Waals surface area (Å²) in [5.41, 5.74) is 3.39. The van der Waals surface area contributed by atoms with Crippen molar-refractivity contribution >= 4 is 22.7 Å². The second-order valence-corrected chi connectivity index (χ2v) is 3.98. The molecule has 1 saturated carbocycles. The Labute approximate surface area is 93.1 Å². The normalized spacial score (nSPS) is 15.1. The van der Waals surface area contributed by atoms with Gasteiger partial charge in [-0.25, -0.2) is 10.8 Å². The average molecular weight is 215 g/mol. The van der Waals surface area contributed by atoms with E-state index in [4.69, 9.17) is 5.84 Å². The number of para-hydroxylation sites is 1. The van der Waals surface area contributed by atoms with Crippen LogP contribution in [0.3, 0.4) is 0 Å². The van der Waals surface area contributed by atoms with Crippen LogP contribution < -0.4 is 16.6 Å². The molecule has 4 N–H and O–H groups in total. The molecule has 0 saturated heterocycles. The number of nitrogen functional groups attached to an aromatic ring is 1. The summed E-state index contributed by atoms with van der Waals surface area (Å²) in [7, 11) is 0. The lowest BCUT2D eigenvalue weighted by Crippen LogP contribution is -2.13. The van der Waals surface area contributed by atoms with Gasteiger partial charge in [0.25, 0.3) is 0 Å². The Hall–Kier alpha value is -1.88. The van der Waals surface area contributed by atoms with Gasteiger partial charge in [0.2, 0.25) is 5.95 Å². The highest BCUT2D eigenvalue weighted by atomic mass is 15.3. The first-order chi connectivity index (χ1) is 7.86. The van der Waals surface area contributed by atoms with E-state index in [0.717, 1.165) is 16.7 Å². The molecule has 5 heteroatoms. The Kier molecular flexibility index (Phi) is 2.11. The third-order valence-corrected chi connectivity index (χ3v) is 2.65. The number of hydrogen-bond donors (Lipinski definition) is 3. The zero-order chi connectivity index (χ0) is 11.0. The summed E-state index contributed by atoms with van der Waals surface area (Å²) in [6.45, 7) is 0. The SMILES string of the molecule is NNc1nc(NC2CC2)c2ccccc2n1. The summed E-state index contributed by atoms with van der Waals surface area (Å²) >= 11 is 0. The molecule has 0 aliphatic heterocycles. The van der Waals surface area contributed by atoms with E-state index in [9.17, 15) is 0 Å². The number of nitrogens with two attached hydrogens (primary N) is 1. The molecule has 1 aromatic heterocycles. The standard InChI is InChI=1S/C11H13N5/c12-16-11-14-9-4-2-1-3-8(9)10(15-11)13-7-5-6-7/h1-4,7H,5-6,12H2,(H2,13,14,15,16). The van der Waals surface area contributed by atoms with Crippen molar-refractivity contribution in [2.75, 3.05) is 10.7 Å². The lowest BCUT2D eigenvalue weighted by molar-refractivity contribution is 1.09. The van der Waals surface area contributed by atoms with Crippen molar-refractivity contribution in [3.63, 3.8) is 0 Å². The zero-order valence-electron chi connectivity index (χ0n) is 8.77. The van der Waals surface area contributed by atoms with E-state index in [-0.39, 0.29) is 0 Å². The van der Waals surface area contributed by atoms with Gasteiger partial charge in [-0.15, -0.1) is 0 Å². The minimum absolute atomic E-state index is 0.446. The predicted octanol–water partition coefficient (Wildman–Crippen LogP) is 1.49. The van der Waals surface area contributed by atoms with Crippen LogP contribution in [-0.2, 0) is 0 Å². The fourth-order valence-electron chi connectivity index (χ4n) is 1.67. The number of hydrogen-bond acceptors (Lipinski definition) is 5. The summed E-state index contributed by atoms with van der Waals surface area (Å²) in [5.74, 6) is 6.66. The summed E-state index contributed by atoms with van der Waals surface area (Å²) in [4.78, 5) is 8.64. The number of rotatable bonds is 3. The molecule has 1 heterocycles. The first-order valence-corrected chi connectivity index (χ1v) is 5.37. The van der Waals surface area contributed by atoms with Crippen LogP contribution in [0.1, 0.15) is 12.8 Å². The van der Waals surface area contributed by atoms with Gasteiger partial charge >= 0.3 is 0 Å². The fraction of sp³-hybridized carbons (Fsp3) is 0.273. The van der Waals surface area contributed by atoms with Crippen molar-refractivity contribution in [2.45, 2.75) is 18.9 Å². The van der Waals surface area contributed by atoms with Crippen molar-refractivity contribution in [1.29, 1.82) is 0 Å². The largest absolute Gasteiger partial charge is 0.367 e. The number of nitrogens with zero attached hydrogens (tertiary/aromatic N) is 2. The second-order valence-electron chi connectivity index (χ2n) is 3.98. The van der Waals surface area contributed by atoms with Gasteiger partial charge in [-0.2, -0.15) is 4.98 Å². The van der Waals surface area contributed by atoms with Crippen LogP contribution in [0.4, 0.5) is 11.8 Å². The van der Waals surface area contributed by atoms with Crippen LogP contribution in [0.25, 0.3) is 10.9 Å². The van der Waals surface area contributed by atoms with E-state index < -0.39 is 0 Å². The summed E-state index contributed by atoms with van der Waals surface area (Å²) in [5, 5.41) is 4.42. The molecule has 0 spiro atoms. The molecule has 5 nitrogen and oxygen atoms in total. The van der Waals surface area contributed by atoms with Crippen LogP contribution in [0, 0.1) is 0 Å². The Morgan fingerprint density at radius 1 is 1.19 bits per heavy atom. The molecule has 1 aromatic carbocycles. The number of hydrazine groups is 1. The molecule has 3 rings (SSSR count). The molecule has 82 valence electrons. The van der Waals surface area contributed by atoms with Gasteiger partial charge in [0.1, 0.15) is 5.82 Å². The van der Waals surface area contributed by atoms with Gasteiger partial charge in [-0.3, -0.25) is 5.43 Å². The molecular formula is C11H13N5. The first kappa shape index (κ1) is 9.35. The predicted molar refractivity (Wildman–Crippen MR) is 64.0 cm³/mol. The van der Waals surface area contributed by atoms with E-state index in [1.54, 1.807) is 0 Å². The molecule has 1 aliphatic rings. The van der Waals surface area contributed by atoms with E-state index in [2.05, 4.69) is 20.7 Å². The van der Waals surface area contributed by atoms with Crippen LogP contribution in [0.15, 0.2) is 24.3 Å². The average Bonchev–Trinajstić information content (AvgIpc) is 3.13. The van der Waals surface area contributed by atoms with Gasteiger partial charge < -0.3 is 5.32 Å². The maximum Gasteiger partial charge on any atom is 0.239 e. The number of fused-ring (bicyclic) bond motifs is 1. The monoisotopic (exact) mass is 215 g/mol. The van der Waals surface area contributed by atoms with Crippen LogP contribution in [-0.4, -0.2) is 16.0 Å². The number of nitrogens with one attached hydrogen (secondary N) is 2. The Morgan fingerprint density at radius 3 is 2.75 bits per heavy atom. The van der Waals surface area contributed by atoms with Crippen molar-refractivity contribution in [3.05, 3.63) is 24.3 Å². The fourth-order valence-corrected chi connectivity index (χ4v) is 1.67. The van der Waals surface area contributed by atoms with Gasteiger partial charge in [-0.05, 0) is 25.0 Å². The minimum Gasteiger partial charge on any atom is -0.367 e. The van der Waals surface area contributed by atoms with Crippen molar-refractivity contribution < 1.29 is 0 Å². The summed E-state index contributed by atoms with van der Waals surface area (Å²) in [6.07, 6.45) is 2.42. The third-order valence-electron chi connectivity index (χ3n) is 2.65. The number of anilines is 2. The van der Waals surface area contributed by atoms with E-state index in [1.165, 1.54) is 12.8 Å². The molecule has 16 heavy (non-hydrogen) atoms. The van der Waals surface area contributed by atoms with Crippen molar-refractivity contribution in [3.8, 4) is 0 Å². The van der Waals surface area contributed by atoms with E-state index in [1.807, 2.05) is 24.3 Å². The Morgan fingerprint density at radius 2 is 2.00 bits per heavy atom. The molecule has 0 unspecified atom stereocenters. The molecule has 1 aliphatic carbocycles. The first-order valence-electron chi connectivity index (χ1n) is 5.37. The van der Waals surface area contributed by atoms with E-state index in [0.29, 0.717) is 12.0 Å². The molecule has 0 atom stereocenters. The highest BCUT2D eigenvalue weighted by molar-refractivity contribution is 5.90. The lowest BCUT2D eigenvalue weighted by atomic mass is 10.2. The highest BCUT2D eigenvalue weighted by Crippen LogP contribution is 2.28. The number of benzene rings is 1. The molecule has 1 fully saturated rings. The second kappa shape index (κ2) is 3.61. The molecule has 2 aromatic rings. The minimum atomic E-state index is 0.446. The maximum absolute atomic E-state index is 5.35. The zero-order valence-corrected chi connectivity index (χ0v) is 8.77. The molecular weight excluding hydrogens is 202 g/mol.